The average molecular weight is 431 g/mol. The number of fused-ring (bicyclic) bond motifs is 1. The van der Waals surface area contributed by atoms with Crippen LogP contribution in [0.25, 0.3) is 11.0 Å². The van der Waals surface area contributed by atoms with Crippen molar-refractivity contribution in [3.8, 4) is 0 Å². The Hall–Kier alpha value is -3.45. The number of piperidine rings is 1. The van der Waals surface area contributed by atoms with E-state index in [1.165, 1.54) is 11.3 Å². The number of carbonyl (C=O) groups is 2. The Morgan fingerprint density at radius 1 is 1.06 bits per heavy atom. The molecule has 1 unspecified atom stereocenters. The van der Waals surface area contributed by atoms with Crippen molar-refractivity contribution in [3.63, 3.8) is 0 Å². The Morgan fingerprint density at radius 2 is 1.90 bits per heavy atom. The molecule has 0 radical (unpaired) electrons. The second-order valence-electron chi connectivity index (χ2n) is 7.74. The van der Waals surface area contributed by atoms with Gasteiger partial charge in [0, 0.05) is 30.3 Å². The number of imidazole rings is 1. The third-order valence-electron chi connectivity index (χ3n) is 5.64. The first kappa shape index (κ1) is 19.5. The lowest BCUT2D eigenvalue weighted by Crippen LogP contribution is -2.39. The zero-order chi connectivity index (χ0) is 21.2. The number of nitrogens with zero attached hydrogens (tertiary/aromatic N) is 2. The molecule has 1 aliphatic rings. The summed E-state index contributed by atoms with van der Waals surface area (Å²) in [6.07, 6.45) is 1.96. The van der Waals surface area contributed by atoms with E-state index < -0.39 is 0 Å². The van der Waals surface area contributed by atoms with Crippen molar-refractivity contribution < 1.29 is 9.59 Å². The number of para-hydroxylation sites is 2. The molecule has 7 heteroatoms. The molecule has 1 saturated heterocycles. The van der Waals surface area contributed by atoms with Crippen LogP contribution in [0.1, 0.15) is 44.6 Å². The van der Waals surface area contributed by atoms with Crippen LogP contribution in [-0.4, -0.2) is 39.8 Å². The van der Waals surface area contributed by atoms with Gasteiger partial charge in [-0.1, -0.05) is 18.2 Å². The standard InChI is InChI=1S/C24H22N4O2S/c29-23(21-8-4-14-31-21)25-18-11-9-16(10-12-18)24(30)28-13-3-5-17(15-28)22-26-19-6-1-2-7-20(19)27-22/h1-2,4,6-12,14,17H,3,5,13,15H2,(H,25,29)(H,26,27). The van der Waals surface area contributed by atoms with Gasteiger partial charge in [0.05, 0.1) is 15.9 Å². The summed E-state index contributed by atoms with van der Waals surface area (Å²) in [4.78, 5) is 36.0. The lowest BCUT2D eigenvalue weighted by atomic mass is 9.96. The van der Waals surface area contributed by atoms with E-state index in [9.17, 15) is 9.59 Å². The predicted molar refractivity (Wildman–Crippen MR) is 123 cm³/mol. The van der Waals surface area contributed by atoms with Crippen molar-refractivity contribution in [2.75, 3.05) is 18.4 Å². The van der Waals surface area contributed by atoms with E-state index >= 15 is 0 Å². The van der Waals surface area contributed by atoms with Gasteiger partial charge in [0.15, 0.2) is 0 Å². The van der Waals surface area contributed by atoms with E-state index in [1.807, 2.05) is 40.6 Å². The molecule has 156 valence electrons. The van der Waals surface area contributed by atoms with Crippen LogP contribution in [0.15, 0.2) is 66.0 Å². The molecular formula is C24H22N4O2S. The van der Waals surface area contributed by atoms with Crippen molar-refractivity contribution in [1.29, 1.82) is 0 Å². The first-order valence-corrected chi connectivity index (χ1v) is 11.2. The van der Waals surface area contributed by atoms with Crippen LogP contribution in [0, 0.1) is 0 Å². The fourth-order valence-electron chi connectivity index (χ4n) is 4.03. The molecule has 0 spiro atoms. The number of hydrogen-bond acceptors (Lipinski definition) is 4. The molecule has 4 aromatic rings. The highest BCUT2D eigenvalue weighted by atomic mass is 32.1. The second-order valence-corrected chi connectivity index (χ2v) is 8.69. The third kappa shape index (κ3) is 4.09. The monoisotopic (exact) mass is 430 g/mol. The molecule has 1 fully saturated rings. The van der Waals surface area contributed by atoms with Gasteiger partial charge in [-0.15, -0.1) is 11.3 Å². The number of hydrogen-bond donors (Lipinski definition) is 2. The van der Waals surface area contributed by atoms with Crippen LogP contribution in [0.2, 0.25) is 0 Å². The van der Waals surface area contributed by atoms with E-state index in [-0.39, 0.29) is 17.7 Å². The van der Waals surface area contributed by atoms with Gasteiger partial charge in [-0.3, -0.25) is 9.59 Å². The number of thiophene rings is 1. The Balaban J connectivity index is 1.26. The van der Waals surface area contributed by atoms with Crippen molar-refractivity contribution >= 4 is 39.9 Å². The van der Waals surface area contributed by atoms with E-state index in [0.717, 1.165) is 36.2 Å². The Kier molecular flexibility index (Phi) is 5.26. The third-order valence-corrected chi connectivity index (χ3v) is 6.51. The van der Waals surface area contributed by atoms with Gasteiger partial charge in [0.25, 0.3) is 11.8 Å². The number of carbonyl (C=O) groups excluding carboxylic acids is 2. The molecule has 2 aromatic heterocycles. The summed E-state index contributed by atoms with van der Waals surface area (Å²) in [6, 6.07) is 18.7. The van der Waals surface area contributed by atoms with E-state index in [4.69, 9.17) is 4.98 Å². The lowest BCUT2D eigenvalue weighted by molar-refractivity contribution is 0.0705. The average Bonchev–Trinajstić information content (AvgIpc) is 3.49. The lowest BCUT2D eigenvalue weighted by Gasteiger charge is -2.32. The summed E-state index contributed by atoms with van der Waals surface area (Å²) in [5.41, 5.74) is 3.29. The highest BCUT2D eigenvalue weighted by molar-refractivity contribution is 7.12. The van der Waals surface area contributed by atoms with E-state index in [1.54, 1.807) is 30.3 Å². The van der Waals surface area contributed by atoms with Crippen LogP contribution < -0.4 is 5.32 Å². The highest BCUT2D eigenvalue weighted by Crippen LogP contribution is 2.28. The van der Waals surface area contributed by atoms with E-state index in [0.29, 0.717) is 22.7 Å². The predicted octanol–water partition coefficient (Wildman–Crippen LogP) is 4.90. The molecule has 0 aliphatic carbocycles. The van der Waals surface area contributed by atoms with Gasteiger partial charge in [-0.2, -0.15) is 0 Å². The minimum Gasteiger partial charge on any atom is -0.342 e. The second kappa shape index (κ2) is 8.35. The number of likely N-dealkylation sites (tertiary alicyclic amines) is 1. The molecule has 2 N–H and O–H groups in total. The molecular weight excluding hydrogens is 408 g/mol. The Morgan fingerprint density at radius 3 is 2.68 bits per heavy atom. The van der Waals surface area contributed by atoms with Gasteiger partial charge in [0.1, 0.15) is 5.82 Å². The molecule has 1 aliphatic heterocycles. The minimum atomic E-state index is -0.140. The summed E-state index contributed by atoms with van der Waals surface area (Å²) in [6.45, 7) is 1.39. The Bertz CT molecular complexity index is 1180. The fourth-order valence-corrected chi connectivity index (χ4v) is 4.65. The topological polar surface area (TPSA) is 78.1 Å². The summed E-state index contributed by atoms with van der Waals surface area (Å²) < 4.78 is 0. The number of anilines is 1. The number of benzene rings is 2. The van der Waals surface area contributed by atoms with Crippen molar-refractivity contribution in [1.82, 2.24) is 14.9 Å². The van der Waals surface area contributed by atoms with Crippen molar-refractivity contribution in [3.05, 3.63) is 82.3 Å². The molecule has 3 heterocycles. The minimum absolute atomic E-state index is 0.0111. The van der Waals surface area contributed by atoms with Crippen LogP contribution in [0.4, 0.5) is 5.69 Å². The van der Waals surface area contributed by atoms with Gasteiger partial charge in [-0.05, 0) is 60.7 Å². The molecule has 6 nitrogen and oxygen atoms in total. The summed E-state index contributed by atoms with van der Waals surface area (Å²) in [5.74, 6) is 1.02. The molecule has 31 heavy (non-hydrogen) atoms. The maximum atomic E-state index is 13.1. The van der Waals surface area contributed by atoms with Gasteiger partial charge in [0.2, 0.25) is 0 Å². The molecule has 2 aromatic carbocycles. The van der Waals surface area contributed by atoms with E-state index in [2.05, 4.69) is 10.3 Å². The number of amides is 2. The smallest absolute Gasteiger partial charge is 0.265 e. The van der Waals surface area contributed by atoms with Crippen LogP contribution in [0.5, 0.6) is 0 Å². The molecule has 1 atom stereocenters. The summed E-state index contributed by atoms with van der Waals surface area (Å²) in [5, 5.41) is 4.73. The first-order valence-electron chi connectivity index (χ1n) is 10.4. The van der Waals surface area contributed by atoms with Gasteiger partial charge < -0.3 is 15.2 Å². The molecule has 5 rings (SSSR count). The zero-order valence-electron chi connectivity index (χ0n) is 16.9. The summed E-state index contributed by atoms with van der Waals surface area (Å²) in [7, 11) is 0. The van der Waals surface area contributed by atoms with Gasteiger partial charge >= 0.3 is 0 Å². The molecule has 2 amide bonds. The number of aromatic nitrogens is 2. The number of rotatable bonds is 4. The fraction of sp³-hybridized carbons (Fsp3) is 0.208. The Labute approximate surface area is 183 Å². The molecule has 0 saturated carbocycles. The number of nitrogens with one attached hydrogen (secondary N) is 2. The normalized spacial score (nSPS) is 16.4. The maximum absolute atomic E-state index is 13.1. The van der Waals surface area contributed by atoms with Crippen LogP contribution in [0.3, 0.4) is 0 Å². The molecule has 0 bridgehead atoms. The zero-order valence-corrected chi connectivity index (χ0v) is 17.7. The quantitative estimate of drug-likeness (QED) is 0.484. The maximum Gasteiger partial charge on any atom is 0.265 e. The van der Waals surface area contributed by atoms with Crippen molar-refractivity contribution in [2.45, 2.75) is 18.8 Å². The number of aromatic amines is 1. The first-order chi connectivity index (χ1) is 15.2. The number of H-pyrrole nitrogens is 1. The largest absolute Gasteiger partial charge is 0.342 e. The van der Waals surface area contributed by atoms with Gasteiger partial charge in [-0.25, -0.2) is 4.98 Å². The summed E-state index contributed by atoms with van der Waals surface area (Å²) >= 11 is 1.40. The SMILES string of the molecule is O=C(Nc1ccc(C(=O)N2CCCC(c3nc4ccccc4[nH]3)C2)cc1)c1cccs1. The highest BCUT2D eigenvalue weighted by Gasteiger charge is 2.27. The van der Waals surface area contributed by atoms with Crippen LogP contribution in [-0.2, 0) is 0 Å². The van der Waals surface area contributed by atoms with Crippen LogP contribution >= 0.6 is 11.3 Å². The van der Waals surface area contributed by atoms with Crippen molar-refractivity contribution in [2.24, 2.45) is 0 Å².